The van der Waals surface area contributed by atoms with E-state index in [-0.39, 0.29) is 5.92 Å². The van der Waals surface area contributed by atoms with E-state index < -0.39 is 12.2 Å². The molecule has 0 fully saturated rings. The average molecular weight is 184 g/mol. The van der Waals surface area contributed by atoms with Crippen LogP contribution in [-0.4, -0.2) is 22.4 Å². The largest absolute Gasteiger partial charge is 0.393 e. The zero-order valence-corrected chi connectivity index (χ0v) is 8.53. The Morgan fingerprint density at radius 3 is 2.23 bits per heavy atom. The van der Waals surface area contributed by atoms with E-state index in [2.05, 4.69) is 5.92 Å². The predicted molar refractivity (Wildman–Crippen MR) is 54.2 cm³/mol. The van der Waals surface area contributed by atoms with Gasteiger partial charge in [0, 0.05) is 12.3 Å². The van der Waals surface area contributed by atoms with E-state index in [0.717, 1.165) is 12.8 Å². The maximum atomic E-state index is 9.64. The second-order valence-electron chi connectivity index (χ2n) is 3.40. The zero-order chi connectivity index (χ0) is 10.3. The van der Waals surface area contributed by atoms with Gasteiger partial charge in [0.05, 0.1) is 12.2 Å². The highest BCUT2D eigenvalue weighted by atomic mass is 16.3. The van der Waals surface area contributed by atoms with E-state index in [0.29, 0.717) is 12.8 Å². The zero-order valence-electron chi connectivity index (χ0n) is 8.53. The minimum Gasteiger partial charge on any atom is -0.393 e. The van der Waals surface area contributed by atoms with Gasteiger partial charge in [-0.2, -0.15) is 0 Å². The van der Waals surface area contributed by atoms with Gasteiger partial charge in [-0.1, -0.05) is 20.3 Å². The molecule has 3 atom stereocenters. The molecule has 0 radical (unpaired) electrons. The molecule has 0 aromatic heterocycles. The number of aliphatic hydroxyl groups is 2. The van der Waals surface area contributed by atoms with Gasteiger partial charge in [0.2, 0.25) is 0 Å². The van der Waals surface area contributed by atoms with Crippen LogP contribution < -0.4 is 0 Å². The molecule has 0 aromatic rings. The fraction of sp³-hybridized carbons (Fsp3) is 0.818. The molecular formula is C11H20O2. The van der Waals surface area contributed by atoms with Crippen molar-refractivity contribution in [1.82, 2.24) is 0 Å². The van der Waals surface area contributed by atoms with Gasteiger partial charge in [-0.15, -0.1) is 12.3 Å². The summed E-state index contributed by atoms with van der Waals surface area (Å²) in [6.07, 6.45) is 6.93. The molecule has 0 saturated carbocycles. The van der Waals surface area contributed by atoms with Crippen molar-refractivity contribution in [1.29, 1.82) is 0 Å². The van der Waals surface area contributed by atoms with Gasteiger partial charge in [0.25, 0.3) is 0 Å². The summed E-state index contributed by atoms with van der Waals surface area (Å²) < 4.78 is 0. The highest BCUT2D eigenvalue weighted by Crippen LogP contribution is 2.20. The lowest BCUT2D eigenvalue weighted by Crippen LogP contribution is -2.31. The van der Waals surface area contributed by atoms with Crippen molar-refractivity contribution in [2.75, 3.05) is 0 Å². The molecule has 0 spiro atoms. The van der Waals surface area contributed by atoms with Gasteiger partial charge in [0.15, 0.2) is 0 Å². The van der Waals surface area contributed by atoms with E-state index in [1.54, 1.807) is 0 Å². The number of aliphatic hydroxyl groups excluding tert-OH is 2. The van der Waals surface area contributed by atoms with Gasteiger partial charge in [-0.3, -0.25) is 0 Å². The quantitative estimate of drug-likeness (QED) is 0.615. The normalized spacial score (nSPS) is 17.5. The third kappa shape index (κ3) is 4.31. The van der Waals surface area contributed by atoms with Crippen LogP contribution in [0.3, 0.4) is 0 Å². The fourth-order valence-corrected chi connectivity index (χ4v) is 1.55. The Hall–Kier alpha value is -0.520. The fourth-order valence-electron chi connectivity index (χ4n) is 1.55. The summed E-state index contributed by atoms with van der Waals surface area (Å²) in [5, 5.41) is 19.3. The summed E-state index contributed by atoms with van der Waals surface area (Å²) in [7, 11) is 0. The topological polar surface area (TPSA) is 40.5 Å². The van der Waals surface area contributed by atoms with E-state index in [9.17, 15) is 10.2 Å². The van der Waals surface area contributed by atoms with E-state index >= 15 is 0 Å². The number of rotatable bonds is 6. The van der Waals surface area contributed by atoms with Crippen LogP contribution >= 0.6 is 0 Å². The molecule has 2 heteroatoms. The molecule has 2 N–H and O–H groups in total. The van der Waals surface area contributed by atoms with Crippen LogP contribution in [0, 0.1) is 18.3 Å². The Balaban J connectivity index is 4.14. The summed E-state index contributed by atoms with van der Waals surface area (Å²) in [5.41, 5.74) is 0. The average Bonchev–Trinajstić information content (AvgIpc) is 2.13. The van der Waals surface area contributed by atoms with Crippen LogP contribution in [0.15, 0.2) is 0 Å². The number of terminal acetylenes is 1. The smallest absolute Gasteiger partial charge is 0.0702 e. The SMILES string of the molecule is C#CCC(O)C(CCC)C(O)CC. The predicted octanol–water partition coefficient (Wildman–Crippen LogP) is 1.56. The van der Waals surface area contributed by atoms with E-state index in [4.69, 9.17) is 6.42 Å². The van der Waals surface area contributed by atoms with Gasteiger partial charge in [-0.05, 0) is 12.8 Å². The summed E-state index contributed by atoms with van der Waals surface area (Å²) in [4.78, 5) is 0. The summed E-state index contributed by atoms with van der Waals surface area (Å²) in [6, 6.07) is 0. The molecular weight excluding hydrogens is 164 g/mol. The monoisotopic (exact) mass is 184 g/mol. The molecule has 0 aliphatic carbocycles. The van der Waals surface area contributed by atoms with Crippen molar-refractivity contribution in [2.45, 2.75) is 51.7 Å². The Bertz CT molecular complexity index is 160. The Morgan fingerprint density at radius 2 is 1.85 bits per heavy atom. The minimum absolute atomic E-state index is 0.0638. The summed E-state index contributed by atoms with van der Waals surface area (Å²) >= 11 is 0. The van der Waals surface area contributed by atoms with Crippen molar-refractivity contribution in [3.8, 4) is 12.3 Å². The van der Waals surface area contributed by atoms with Crippen LogP contribution in [0.1, 0.15) is 39.5 Å². The molecule has 0 aliphatic rings. The van der Waals surface area contributed by atoms with E-state index in [1.807, 2.05) is 13.8 Å². The van der Waals surface area contributed by atoms with Gasteiger partial charge < -0.3 is 10.2 Å². The van der Waals surface area contributed by atoms with Crippen LogP contribution in [0.5, 0.6) is 0 Å². The summed E-state index contributed by atoms with van der Waals surface area (Å²) in [6.45, 7) is 3.95. The molecule has 0 bridgehead atoms. The molecule has 0 saturated heterocycles. The Morgan fingerprint density at radius 1 is 1.23 bits per heavy atom. The van der Waals surface area contributed by atoms with Crippen LogP contribution in [0.4, 0.5) is 0 Å². The number of hydrogen-bond acceptors (Lipinski definition) is 2. The van der Waals surface area contributed by atoms with Gasteiger partial charge in [0.1, 0.15) is 0 Å². The maximum absolute atomic E-state index is 9.64. The third-order valence-electron chi connectivity index (χ3n) is 2.36. The summed E-state index contributed by atoms with van der Waals surface area (Å²) in [5.74, 6) is 2.36. The first-order valence-electron chi connectivity index (χ1n) is 4.96. The molecule has 76 valence electrons. The van der Waals surface area contributed by atoms with E-state index in [1.165, 1.54) is 0 Å². The van der Waals surface area contributed by atoms with Crippen molar-refractivity contribution in [3.63, 3.8) is 0 Å². The molecule has 13 heavy (non-hydrogen) atoms. The standard InChI is InChI=1S/C11H20O2/c1-4-7-9(10(12)6-3)11(13)8-5-2/h2,9-13H,4,6-8H2,1,3H3. The lowest BCUT2D eigenvalue weighted by molar-refractivity contribution is 0.00856. The molecule has 0 aromatic carbocycles. The van der Waals surface area contributed by atoms with Crippen molar-refractivity contribution in [2.24, 2.45) is 5.92 Å². The molecule has 2 nitrogen and oxygen atoms in total. The first-order valence-corrected chi connectivity index (χ1v) is 4.96. The van der Waals surface area contributed by atoms with Crippen molar-refractivity contribution >= 4 is 0 Å². The second kappa shape index (κ2) is 6.94. The lowest BCUT2D eigenvalue weighted by Gasteiger charge is -2.25. The Kier molecular flexibility index (Phi) is 6.66. The third-order valence-corrected chi connectivity index (χ3v) is 2.36. The molecule has 0 heterocycles. The van der Waals surface area contributed by atoms with Crippen LogP contribution in [0.2, 0.25) is 0 Å². The maximum Gasteiger partial charge on any atom is 0.0702 e. The highest BCUT2D eigenvalue weighted by Gasteiger charge is 2.23. The molecule has 0 amide bonds. The van der Waals surface area contributed by atoms with Crippen molar-refractivity contribution < 1.29 is 10.2 Å². The minimum atomic E-state index is -0.556. The molecule has 0 aliphatic heterocycles. The van der Waals surface area contributed by atoms with Crippen molar-refractivity contribution in [3.05, 3.63) is 0 Å². The van der Waals surface area contributed by atoms with Crippen LogP contribution in [-0.2, 0) is 0 Å². The lowest BCUT2D eigenvalue weighted by atomic mass is 9.88. The second-order valence-corrected chi connectivity index (χ2v) is 3.40. The molecule has 3 unspecified atom stereocenters. The molecule has 0 rings (SSSR count). The van der Waals surface area contributed by atoms with Gasteiger partial charge >= 0.3 is 0 Å². The number of hydrogen-bond donors (Lipinski definition) is 2. The first kappa shape index (κ1) is 12.5. The van der Waals surface area contributed by atoms with Gasteiger partial charge in [-0.25, -0.2) is 0 Å². The highest BCUT2D eigenvalue weighted by molar-refractivity contribution is 4.90. The first-order chi connectivity index (χ1) is 6.17. The van der Waals surface area contributed by atoms with Crippen LogP contribution in [0.25, 0.3) is 0 Å². The Labute approximate surface area is 81.0 Å².